The molecule has 0 saturated heterocycles. The van der Waals surface area contributed by atoms with Crippen molar-refractivity contribution >= 4 is 10.9 Å². The summed E-state index contributed by atoms with van der Waals surface area (Å²) in [5, 5.41) is 0.979. The molecule has 0 spiro atoms. The minimum Gasteiger partial charge on any atom is -0.264 e. The quantitative estimate of drug-likeness (QED) is 0.156. The highest BCUT2D eigenvalue weighted by atomic mass is 14.9. The molecule has 0 unspecified atom stereocenters. The summed E-state index contributed by atoms with van der Waals surface area (Å²) in [5.41, 5.74) is 17.0. The monoisotopic (exact) mass is 740 g/mol. The fourth-order valence-electron chi connectivity index (χ4n) is 7.67. The number of hydrogen-bond acceptors (Lipinski definition) is 4. The van der Waals surface area contributed by atoms with Gasteiger partial charge in [-0.15, -0.1) is 0 Å². The van der Waals surface area contributed by atoms with E-state index in [0.29, 0.717) is 5.82 Å². The molecular formula is C54H36N4. The summed E-state index contributed by atoms with van der Waals surface area (Å²) >= 11 is 0. The molecule has 272 valence electrons. The van der Waals surface area contributed by atoms with E-state index in [1.807, 2.05) is 24.5 Å². The van der Waals surface area contributed by atoms with Crippen LogP contribution in [0.15, 0.2) is 219 Å². The standard InChI is InChI=1S/C54H36N4/c1-3-11-37(12-4-1)43-15-7-17-45(31-43)49-33-50(46-18-8-16-44(32-46)38-13-5-2-6-14-38)53-51(34-49)52(41-25-21-39(22-26-41)47-19-9-29-55-35-47)57-54(58-53)42-27-23-40(24-28-42)48-20-10-30-56-36-48/h1-36H. The molecule has 3 aromatic heterocycles. The van der Waals surface area contributed by atoms with Gasteiger partial charge in [-0.3, -0.25) is 9.97 Å². The molecule has 0 fully saturated rings. The van der Waals surface area contributed by atoms with Gasteiger partial charge in [0.2, 0.25) is 0 Å². The lowest BCUT2D eigenvalue weighted by Crippen LogP contribution is -1.98. The normalized spacial score (nSPS) is 11.1. The van der Waals surface area contributed by atoms with Crippen LogP contribution in [0.25, 0.3) is 100 Å². The fraction of sp³-hybridized carbons (Fsp3) is 0. The van der Waals surface area contributed by atoms with Crippen molar-refractivity contribution in [1.82, 2.24) is 19.9 Å². The molecule has 3 heterocycles. The first-order chi connectivity index (χ1) is 28.7. The van der Waals surface area contributed by atoms with Crippen molar-refractivity contribution in [2.75, 3.05) is 0 Å². The number of benzene rings is 7. The van der Waals surface area contributed by atoms with Crippen LogP contribution in [0.3, 0.4) is 0 Å². The zero-order valence-corrected chi connectivity index (χ0v) is 31.6. The highest BCUT2D eigenvalue weighted by Crippen LogP contribution is 2.40. The molecule has 0 N–H and O–H groups in total. The predicted molar refractivity (Wildman–Crippen MR) is 239 cm³/mol. The minimum absolute atomic E-state index is 0.663. The van der Waals surface area contributed by atoms with Crippen LogP contribution in [0.1, 0.15) is 0 Å². The third-order valence-corrected chi connectivity index (χ3v) is 10.7. The van der Waals surface area contributed by atoms with Crippen LogP contribution in [-0.2, 0) is 0 Å². The Balaban J connectivity index is 1.22. The van der Waals surface area contributed by atoms with Crippen molar-refractivity contribution in [1.29, 1.82) is 0 Å². The maximum absolute atomic E-state index is 5.45. The maximum Gasteiger partial charge on any atom is 0.160 e. The third-order valence-electron chi connectivity index (χ3n) is 10.7. The molecule has 7 aromatic carbocycles. The molecule has 0 atom stereocenters. The van der Waals surface area contributed by atoms with Gasteiger partial charge in [-0.2, -0.15) is 0 Å². The van der Waals surface area contributed by atoms with E-state index in [0.717, 1.165) is 77.8 Å². The van der Waals surface area contributed by atoms with Crippen LogP contribution >= 0.6 is 0 Å². The lowest BCUT2D eigenvalue weighted by Gasteiger charge is -2.17. The molecular weight excluding hydrogens is 705 g/mol. The van der Waals surface area contributed by atoms with Crippen molar-refractivity contribution in [2.45, 2.75) is 0 Å². The van der Waals surface area contributed by atoms with Gasteiger partial charge in [0.25, 0.3) is 0 Å². The van der Waals surface area contributed by atoms with Gasteiger partial charge in [-0.05, 0) is 97.6 Å². The van der Waals surface area contributed by atoms with Gasteiger partial charge >= 0.3 is 0 Å². The maximum atomic E-state index is 5.45. The van der Waals surface area contributed by atoms with E-state index in [1.54, 1.807) is 12.4 Å². The minimum atomic E-state index is 0.663. The van der Waals surface area contributed by atoms with Crippen LogP contribution in [0, 0.1) is 0 Å². The van der Waals surface area contributed by atoms with Crippen LogP contribution in [0.2, 0.25) is 0 Å². The number of rotatable bonds is 8. The molecule has 0 radical (unpaired) electrons. The Morgan fingerprint density at radius 2 is 0.724 bits per heavy atom. The molecule has 0 aliphatic rings. The molecule has 4 nitrogen and oxygen atoms in total. The van der Waals surface area contributed by atoms with Crippen molar-refractivity contribution in [3.05, 3.63) is 219 Å². The van der Waals surface area contributed by atoms with Gasteiger partial charge in [0, 0.05) is 46.9 Å². The van der Waals surface area contributed by atoms with E-state index in [4.69, 9.17) is 9.97 Å². The number of hydrogen-bond donors (Lipinski definition) is 0. The van der Waals surface area contributed by atoms with Gasteiger partial charge < -0.3 is 0 Å². The first-order valence-electron chi connectivity index (χ1n) is 19.4. The Morgan fingerprint density at radius 1 is 0.276 bits per heavy atom. The molecule has 4 heteroatoms. The predicted octanol–water partition coefficient (Wildman–Crippen LogP) is 13.8. The second-order valence-corrected chi connectivity index (χ2v) is 14.3. The van der Waals surface area contributed by atoms with Gasteiger partial charge in [0.1, 0.15) is 0 Å². The Morgan fingerprint density at radius 3 is 1.28 bits per heavy atom. The molecule has 0 saturated carbocycles. The number of pyridine rings is 2. The lowest BCUT2D eigenvalue weighted by atomic mass is 9.91. The van der Waals surface area contributed by atoms with E-state index < -0.39 is 0 Å². The lowest BCUT2D eigenvalue weighted by molar-refractivity contribution is 1.23. The topological polar surface area (TPSA) is 51.6 Å². The highest BCUT2D eigenvalue weighted by Gasteiger charge is 2.19. The molecule has 0 bridgehead atoms. The Hall–Kier alpha value is -7.82. The van der Waals surface area contributed by atoms with Gasteiger partial charge in [-0.25, -0.2) is 9.97 Å². The van der Waals surface area contributed by atoms with Gasteiger partial charge in [0.05, 0.1) is 11.2 Å². The fourth-order valence-corrected chi connectivity index (χ4v) is 7.67. The molecule has 0 aliphatic carbocycles. The Labute approximate surface area is 337 Å². The zero-order chi connectivity index (χ0) is 38.7. The molecule has 58 heavy (non-hydrogen) atoms. The summed E-state index contributed by atoms with van der Waals surface area (Å²) in [5.74, 6) is 0.663. The molecule has 10 rings (SSSR count). The van der Waals surface area contributed by atoms with Crippen LogP contribution in [0.4, 0.5) is 0 Å². The average molecular weight is 741 g/mol. The largest absolute Gasteiger partial charge is 0.264 e. The first-order valence-corrected chi connectivity index (χ1v) is 19.4. The van der Waals surface area contributed by atoms with Crippen molar-refractivity contribution in [2.24, 2.45) is 0 Å². The first kappa shape index (κ1) is 34.7. The number of fused-ring (bicyclic) bond motifs is 1. The van der Waals surface area contributed by atoms with Gasteiger partial charge in [-0.1, -0.05) is 158 Å². The average Bonchev–Trinajstić information content (AvgIpc) is 3.32. The SMILES string of the molecule is c1ccc(-c2cccc(-c3cc(-c4cccc(-c5ccccc5)c4)c4nc(-c5ccc(-c6cccnc6)cc5)nc(-c5ccc(-c6cccnc6)cc5)c4c3)c2)cc1. The zero-order valence-electron chi connectivity index (χ0n) is 31.6. The van der Waals surface area contributed by atoms with E-state index >= 15 is 0 Å². The van der Waals surface area contributed by atoms with Crippen LogP contribution in [-0.4, -0.2) is 19.9 Å². The highest BCUT2D eigenvalue weighted by molar-refractivity contribution is 6.05. The summed E-state index contributed by atoms with van der Waals surface area (Å²) in [7, 11) is 0. The summed E-state index contributed by atoms with van der Waals surface area (Å²) in [6.07, 6.45) is 7.38. The van der Waals surface area contributed by atoms with E-state index in [2.05, 4.69) is 192 Å². The summed E-state index contributed by atoms with van der Waals surface area (Å²) in [6.45, 7) is 0. The van der Waals surface area contributed by atoms with Gasteiger partial charge in [0.15, 0.2) is 5.82 Å². The third kappa shape index (κ3) is 6.95. The van der Waals surface area contributed by atoms with Crippen molar-refractivity contribution in [3.8, 4) is 89.4 Å². The Bertz CT molecular complexity index is 3000. The smallest absolute Gasteiger partial charge is 0.160 e. The summed E-state index contributed by atoms with van der Waals surface area (Å²) in [4.78, 5) is 19.5. The number of aromatic nitrogens is 4. The van der Waals surface area contributed by atoms with Crippen molar-refractivity contribution in [3.63, 3.8) is 0 Å². The Kier molecular flexibility index (Phi) is 9.18. The second-order valence-electron chi connectivity index (χ2n) is 14.3. The number of nitrogens with zero attached hydrogens (tertiary/aromatic N) is 4. The van der Waals surface area contributed by atoms with Crippen LogP contribution < -0.4 is 0 Å². The molecule has 0 amide bonds. The second kappa shape index (κ2) is 15.4. The van der Waals surface area contributed by atoms with Crippen LogP contribution in [0.5, 0.6) is 0 Å². The van der Waals surface area contributed by atoms with E-state index in [1.165, 1.54) is 16.7 Å². The molecule has 10 aromatic rings. The van der Waals surface area contributed by atoms with Crippen molar-refractivity contribution < 1.29 is 0 Å². The van der Waals surface area contributed by atoms with E-state index in [-0.39, 0.29) is 0 Å². The summed E-state index contributed by atoms with van der Waals surface area (Å²) < 4.78 is 0. The molecule has 0 aliphatic heterocycles. The summed E-state index contributed by atoms with van der Waals surface area (Å²) in [6, 6.07) is 68.4. The van der Waals surface area contributed by atoms with E-state index in [9.17, 15) is 0 Å².